The molecule has 0 aliphatic carbocycles. The Bertz CT molecular complexity index is 408. The summed E-state index contributed by atoms with van der Waals surface area (Å²) < 4.78 is 12.9. The van der Waals surface area contributed by atoms with Gasteiger partial charge in [0.05, 0.1) is 0 Å². The Morgan fingerprint density at radius 3 is 2.79 bits per heavy atom. The lowest BCUT2D eigenvalue weighted by atomic mass is 10.1. The maximum Gasteiger partial charge on any atom is 0.124 e. The third-order valence-electron chi connectivity index (χ3n) is 1.98. The van der Waals surface area contributed by atoms with Crippen LogP contribution in [0.15, 0.2) is 36.5 Å². The van der Waals surface area contributed by atoms with Crippen molar-refractivity contribution in [2.45, 2.75) is 6.92 Å². The number of hydrogen-bond acceptors (Lipinski definition) is 1. The molecule has 1 radical (unpaired) electrons. The number of halogens is 1. The minimum absolute atomic E-state index is 0.267. The average Bonchev–Trinajstić information content (AvgIpc) is 2.18. The number of pyridine rings is 1. The Balaban J connectivity index is 2.49. The van der Waals surface area contributed by atoms with E-state index >= 15 is 0 Å². The normalized spacial score (nSPS) is 10.1. The van der Waals surface area contributed by atoms with Crippen molar-refractivity contribution in [3.8, 4) is 11.1 Å². The predicted octanol–water partition coefficient (Wildman–Crippen LogP) is 3.00. The molecule has 2 rings (SSSR count). The Morgan fingerprint density at radius 2 is 2.07 bits per heavy atom. The van der Waals surface area contributed by atoms with Gasteiger partial charge >= 0.3 is 0 Å². The summed E-state index contributed by atoms with van der Waals surface area (Å²) in [5.41, 5.74) is 2.72. The number of aryl methyl sites for hydroxylation is 1. The molecule has 0 aliphatic heterocycles. The van der Waals surface area contributed by atoms with Crippen LogP contribution >= 0.6 is 0 Å². The second-order valence-electron chi connectivity index (χ2n) is 3.13. The molecular formula is C12H9FN. The summed E-state index contributed by atoms with van der Waals surface area (Å²) in [6, 6.07) is 11.1. The zero-order chi connectivity index (χ0) is 9.97. The van der Waals surface area contributed by atoms with Crippen LogP contribution in [0.4, 0.5) is 4.39 Å². The molecule has 0 fully saturated rings. The topological polar surface area (TPSA) is 12.9 Å². The summed E-state index contributed by atoms with van der Waals surface area (Å²) in [6.45, 7) is 1.91. The molecule has 0 saturated heterocycles. The highest BCUT2D eigenvalue weighted by atomic mass is 19.1. The average molecular weight is 186 g/mol. The van der Waals surface area contributed by atoms with Gasteiger partial charge in [-0.15, -0.1) is 0 Å². The van der Waals surface area contributed by atoms with Crippen molar-refractivity contribution in [1.29, 1.82) is 0 Å². The van der Waals surface area contributed by atoms with E-state index in [9.17, 15) is 4.39 Å². The van der Waals surface area contributed by atoms with Gasteiger partial charge in [-0.1, -0.05) is 0 Å². The second-order valence-corrected chi connectivity index (χ2v) is 3.13. The first-order chi connectivity index (χ1) is 6.75. The smallest absolute Gasteiger partial charge is 0.124 e. The first-order valence-electron chi connectivity index (χ1n) is 4.35. The maximum absolute atomic E-state index is 12.9. The molecular weight excluding hydrogens is 177 g/mol. The van der Waals surface area contributed by atoms with Gasteiger partial charge in [0.1, 0.15) is 5.82 Å². The van der Waals surface area contributed by atoms with Gasteiger partial charge in [-0.05, 0) is 54.4 Å². The van der Waals surface area contributed by atoms with Crippen LogP contribution in [-0.4, -0.2) is 4.98 Å². The van der Waals surface area contributed by atoms with E-state index in [2.05, 4.69) is 11.1 Å². The molecule has 1 nitrogen and oxygen atoms in total. The van der Waals surface area contributed by atoms with Gasteiger partial charge < -0.3 is 0 Å². The van der Waals surface area contributed by atoms with Crippen LogP contribution in [0.5, 0.6) is 0 Å². The SMILES string of the molecule is Cc1cc(-c2c[c]cc(F)c2)ccn1. The molecule has 1 aromatic carbocycles. The number of hydrogen-bond donors (Lipinski definition) is 0. The third-order valence-corrected chi connectivity index (χ3v) is 1.98. The standard InChI is InChI=1S/C12H9FN/c1-9-7-11(5-6-14-9)10-3-2-4-12(13)8-10/h3-8H,1H3. The van der Waals surface area contributed by atoms with E-state index in [-0.39, 0.29) is 5.82 Å². The van der Waals surface area contributed by atoms with E-state index in [1.807, 2.05) is 19.1 Å². The fourth-order valence-electron chi connectivity index (χ4n) is 1.33. The molecule has 1 heterocycles. The molecule has 0 aliphatic rings. The van der Waals surface area contributed by atoms with Crippen LogP contribution < -0.4 is 0 Å². The van der Waals surface area contributed by atoms with Crippen molar-refractivity contribution in [3.63, 3.8) is 0 Å². The molecule has 0 amide bonds. The molecule has 0 N–H and O–H groups in total. The Labute approximate surface area is 82.2 Å². The molecule has 1 aromatic heterocycles. The molecule has 14 heavy (non-hydrogen) atoms. The molecule has 0 bridgehead atoms. The van der Waals surface area contributed by atoms with Crippen molar-refractivity contribution in [2.75, 3.05) is 0 Å². The summed E-state index contributed by atoms with van der Waals surface area (Å²) >= 11 is 0. The van der Waals surface area contributed by atoms with Gasteiger partial charge in [0.2, 0.25) is 0 Å². The third kappa shape index (κ3) is 1.79. The summed E-state index contributed by atoms with van der Waals surface area (Å²) in [6.07, 6.45) is 1.72. The first-order valence-corrected chi connectivity index (χ1v) is 4.35. The van der Waals surface area contributed by atoms with Crippen molar-refractivity contribution in [2.24, 2.45) is 0 Å². The van der Waals surface area contributed by atoms with E-state index in [1.165, 1.54) is 12.1 Å². The lowest BCUT2D eigenvalue weighted by Crippen LogP contribution is -1.83. The number of benzene rings is 1. The van der Waals surface area contributed by atoms with Crippen molar-refractivity contribution in [3.05, 3.63) is 54.1 Å². The summed E-state index contributed by atoms with van der Waals surface area (Å²) in [7, 11) is 0. The predicted molar refractivity (Wildman–Crippen MR) is 53.2 cm³/mol. The zero-order valence-electron chi connectivity index (χ0n) is 7.79. The highest BCUT2D eigenvalue weighted by molar-refractivity contribution is 5.63. The summed E-state index contributed by atoms with van der Waals surface area (Å²) in [5.74, 6) is -0.267. The van der Waals surface area contributed by atoms with Gasteiger partial charge in [0, 0.05) is 11.9 Å². The van der Waals surface area contributed by atoms with E-state index < -0.39 is 0 Å². The van der Waals surface area contributed by atoms with Crippen molar-refractivity contribution < 1.29 is 4.39 Å². The summed E-state index contributed by atoms with van der Waals surface area (Å²) in [5, 5.41) is 0. The Kier molecular flexibility index (Phi) is 2.27. The fourth-order valence-corrected chi connectivity index (χ4v) is 1.33. The molecule has 2 heteroatoms. The lowest BCUT2D eigenvalue weighted by molar-refractivity contribution is 0.628. The van der Waals surface area contributed by atoms with Crippen LogP contribution in [0.1, 0.15) is 5.69 Å². The molecule has 69 valence electrons. The van der Waals surface area contributed by atoms with E-state index in [0.717, 1.165) is 16.8 Å². The first kappa shape index (κ1) is 8.88. The van der Waals surface area contributed by atoms with Gasteiger partial charge in [0.15, 0.2) is 0 Å². The van der Waals surface area contributed by atoms with Crippen LogP contribution in [-0.2, 0) is 0 Å². The molecule has 0 spiro atoms. The summed E-state index contributed by atoms with van der Waals surface area (Å²) in [4.78, 5) is 4.08. The quantitative estimate of drug-likeness (QED) is 0.667. The minimum Gasteiger partial charge on any atom is -0.262 e. The van der Waals surface area contributed by atoms with Gasteiger partial charge in [-0.25, -0.2) is 4.39 Å². The minimum atomic E-state index is -0.267. The largest absolute Gasteiger partial charge is 0.262 e. The number of aromatic nitrogens is 1. The Morgan fingerprint density at radius 1 is 1.21 bits per heavy atom. The van der Waals surface area contributed by atoms with Gasteiger partial charge in [-0.3, -0.25) is 4.98 Å². The van der Waals surface area contributed by atoms with Crippen LogP contribution in [0.25, 0.3) is 11.1 Å². The highest BCUT2D eigenvalue weighted by Gasteiger charge is 1.99. The van der Waals surface area contributed by atoms with Crippen LogP contribution in [0.2, 0.25) is 0 Å². The van der Waals surface area contributed by atoms with Crippen LogP contribution in [0, 0.1) is 18.8 Å². The van der Waals surface area contributed by atoms with Crippen molar-refractivity contribution >= 4 is 0 Å². The van der Waals surface area contributed by atoms with Crippen LogP contribution in [0.3, 0.4) is 0 Å². The molecule has 0 saturated carbocycles. The van der Waals surface area contributed by atoms with E-state index in [4.69, 9.17) is 0 Å². The second kappa shape index (κ2) is 3.58. The maximum atomic E-state index is 12.9. The number of rotatable bonds is 1. The Hall–Kier alpha value is -1.70. The fraction of sp³-hybridized carbons (Fsp3) is 0.0833. The van der Waals surface area contributed by atoms with E-state index in [1.54, 1.807) is 12.3 Å². The molecule has 0 unspecified atom stereocenters. The van der Waals surface area contributed by atoms with Crippen molar-refractivity contribution in [1.82, 2.24) is 4.98 Å². The lowest BCUT2D eigenvalue weighted by Gasteiger charge is -2.01. The highest BCUT2D eigenvalue weighted by Crippen LogP contribution is 2.19. The van der Waals surface area contributed by atoms with E-state index in [0.29, 0.717) is 0 Å². The number of nitrogens with zero attached hydrogens (tertiary/aromatic N) is 1. The monoisotopic (exact) mass is 186 g/mol. The molecule has 2 aromatic rings. The molecule has 0 atom stereocenters. The van der Waals surface area contributed by atoms with Gasteiger partial charge in [-0.2, -0.15) is 0 Å². The van der Waals surface area contributed by atoms with Gasteiger partial charge in [0.25, 0.3) is 0 Å². The zero-order valence-corrected chi connectivity index (χ0v) is 7.79.